The number of carboxylic acid groups (broad SMARTS) is 1. The SMILES string of the molecule is COc1cc(C(N)C(=O)O)c(C(C)(C)F)cc1OC. The van der Waals surface area contributed by atoms with E-state index in [1.807, 2.05) is 0 Å². The Hall–Kier alpha value is -1.82. The van der Waals surface area contributed by atoms with Crippen LogP contribution in [-0.2, 0) is 10.5 Å². The number of hydrogen-bond acceptors (Lipinski definition) is 4. The van der Waals surface area contributed by atoms with Crippen molar-refractivity contribution < 1.29 is 23.8 Å². The number of hydrogen-bond donors (Lipinski definition) is 2. The van der Waals surface area contributed by atoms with E-state index < -0.39 is 17.7 Å². The van der Waals surface area contributed by atoms with Crippen LogP contribution in [0.4, 0.5) is 4.39 Å². The third-order valence-corrected chi connectivity index (χ3v) is 2.80. The van der Waals surface area contributed by atoms with Crippen molar-refractivity contribution in [1.82, 2.24) is 0 Å². The van der Waals surface area contributed by atoms with E-state index in [-0.39, 0.29) is 11.1 Å². The Morgan fingerprint density at radius 1 is 1.32 bits per heavy atom. The van der Waals surface area contributed by atoms with Crippen LogP contribution in [0.25, 0.3) is 0 Å². The first-order chi connectivity index (χ1) is 8.72. The molecule has 6 heteroatoms. The van der Waals surface area contributed by atoms with Crippen molar-refractivity contribution in [1.29, 1.82) is 0 Å². The second kappa shape index (κ2) is 5.44. The number of benzene rings is 1. The highest BCUT2D eigenvalue weighted by Crippen LogP contribution is 2.39. The molecular formula is C13H18FNO4. The third kappa shape index (κ3) is 3.14. The molecule has 0 amide bonds. The Labute approximate surface area is 111 Å². The first kappa shape index (κ1) is 15.2. The predicted octanol–water partition coefficient (Wildman–Crippen LogP) is 1.99. The number of methoxy groups -OCH3 is 2. The molecule has 5 nitrogen and oxygen atoms in total. The van der Waals surface area contributed by atoms with Gasteiger partial charge in [0.05, 0.1) is 14.2 Å². The van der Waals surface area contributed by atoms with Gasteiger partial charge in [-0.15, -0.1) is 0 Å². The monoisotopic (exact) mass is 271 g/mol. The summed E-state index contributed by atoms with van der Waals surface area (Å²) in [7, 11) is 2.83. The zero-order valence-electron chi connectivity index (χ0n) is 11.4. The van der Waals surface area contributed by atoms with Crippen LogP contribution >= 0.6 is 0 Å². The number of halogens is 1. The average molecular weight is 271 g/mol. The molecule has 0 saturated carbocycles. The Bertz CT molecular complexity index is 482. The van der Waals surface area contributed by atoms with E-state index in [0.29, 0.717) is 11.5 Å². The molecular weight excluding hydrogens is 253 g/mol. The molecule has 1 unspecified atom stereocenters. The fourth-order valence-electron chi connectivity index (χ4n) is 1.80. The van der Waals surface area contributed by atoms with Crippen molar-refractivity contribution in [2.24, 2.45) is 5.73 Å². The van der Waals surface area contributed by atoms with Gasteiger partial charge in [0, 0.05) is 0 Å². The number of nitrogens with two attached hydrogens (primary N) is 1. The maximum atomic E-state index is 14.2. The summed E-state index contributed by atoms with van der Waals surface area (Å²) in [5, 5.41) is 9.00. The number of carbonyl (C=O) groups is 1. The fourth-order valence-corrected chi connectivity index (χ4v) is 1.80. The van der Waals surface area contributed by atoms with Crippen molar-refractivity contribution in [3.8, 4) is 11.5 Å². The molecule has 0 aromatic heterocycles. The molecule has 0 fully saturated rings. The van der Waals surface area contributed by atoms with Crippen LogP contribution in [-0.4, -0.2) is 25.3 Å². The van der Waals surface area contributed by atoms with E-state index in [1.165, 1.54) is 40.2 Å². The van der Waals surface area contributed by atoms with Crippen molar-refractivity contribution in [3.05, 3.63) is 23.3 Å². The first-order valence-electron chi connectivity index (χ1n) is 5.66. The van der Waals surface area contributed by atoms with Gasteiger partial charge >= 0.3 is 5.97 Å². The van der Waals surface area contributed by atoms with Gasteiger partial charge in [0.25, 0.3) is 0 Å². The number of carboxylic acids is 1. The number of rotatable bonds is 5. The molecule has 0 saturated heterocycles. The van der Waals surface area contributed by atoms with Gasteiger partial charge in [0.15, 0.2) is 11.5 Å². The molecule has 0 aliphatic rings. The van der Waals surface area contributed by atoms with Gasteiger partial charge in [-0.1, -0.05) is 0 Å². The number of aliphatic carboxylic acids is 1. The molecule has 0 heterocycles. The van der Waals surface area contributed by atoms with Gasteiger partial charge in [-0.05, 0) is 37.1 Å². The maximum absolute atomic E-state index is 14.2. The largest absolute Gasteiger partial charge is 0.493 e. The molecule has 1 rings (SSSR count). The minimum Gasteiger partial charge on any atom is -0.493 e. The number of ether oxygens (including phenoxy) is 2. The molecule has 106 valence electrons. The summed E-state index contributed by atoms with van der Waals surface area (Å²) < 4.78 is 24.4. The molecule has 1 atom stereocenters. The molecule has 0 bridgehead atoms. The van der Waals surface area contributed by atoms with Crippen LogP contribution in [0.1, 0.15) is 31.0 Å². The van der Waals surface area contributed by atoms with Crippen molar-refractivity contribution in [2.75, 3.05) is 14.2 Å². The highest BCUT2D eigenvalue weighted by Gasteiger charge is 2.29. The normalized spacial score (nSPS) is 12.9. The van der Waals surface area contributed by atoms with Gasteiger partial charge in [-0.2, -0.15) is 0 Å². The Morgan fingerprint density at radius 2 is 1.79 bits per heavy atom. The van der Waals surface area contributed by atoms with E-state index >= 15 is 0 Å². The molecule has 0 aliphatic carbocycles. The van der Waals surface area contributed by atoms with Crippen molar-refractivity contribution in [3.63, 3.8) is 0 Å². The summed E-state index contributed by atoms with van der Waals surface area (Å²) in [6.07, 6.45) is 0. The summed E-state index contributed by atoms with van der Waals surface area (Å²) in [5.41, 5.74) is 4.17. The Morgan fingerprint density at radius 3 is 2.16 bits per heavy atom. The third-order valence-electron chi connectivity index (χ3n) is 2.80. The van der Waals surface area contributed by atoms with Crippen LogP contribution in [0.3, 0.4) is 0 Å². The zero-order valence-corrected chi connectivity index (χ0v) is 11.4. The van der Waals surface area contributed by atoms with E-state index in [4.69, 9.17) is 20.3 Å². The standard InChI is InChI=1S/C13H18FNO4/c1-13(2,14)8-6-10(19-4)9(18-3)5-7(8)11(15)12(16)17/h5-6,11H,15H2,1-4H3,(H,16,17). The average Bonchev–Trinajstić information content (AvgIpc) is 2.34. The molecule has 1 aromatic rings. The van der Waals surface area contributed by atoms with Gasteiger partial charge in [-0.3, -0.25) is 4.79 Å². The zero-order chi connectivity index (χ0) is 14.8. The van der Waals surface area contributed by atoms with E-state index in [2.05, 4.69) is 0 Å². The lowest BCUT2D eigenvalue weighted by atomic mass is 9.90. The van der Waals surface area contributed by atoms with Gasteiger partial charge in [0.1, 0.15) is 11.7 Å². The van der Waals surface area contributed by atoms with Crippen molar-refractivity contribution in [2.45, 2.75) is 25.6 Å². The molecule has 0 radical (unpaired) electrons. The molecule has 1 aromatic carbocycles. The van der Waals surface area contributed by atoms with Gasteiger partial charge in [0.2, 0.25) is 0 Å². The fraction of sp³-hybridized carbons (Fsp3) is 0.462. The van der Waals surface area contributed by atoms with E-state index in [9.17, 15) is 9.18 Å². The molecule has 0 spiro atoms. The second-order valence-electron chi connectivity index (χ2n) is 4.58. The molecule has 0 aliphatic heterocycles. The second-order valence-corrected chi connectivity index (χ2v) is 4.58. The Kier molecular flexibility index (Phi) is 4.36. The minimum atomic E-state index is -1.75. The summed E-state index contributed by atoms with van der Waals surface area (Å²) in [6, 6.07) is 1.48. The van der Waals surface area contributed by atoms with Crippen LogP contribution in [0, 0.1) is 0 Å². The smallest absolute Gasteiger partial charge is 0.325 e. The lowest BCUT2D eigenvalue weighted by molar-refractivity contribution is -0.138. The van der Waals surface area contributed by atoms with Crippen LogP contribution < -0.4 is 15.2 Å². The van der Waals surface area contributed by atoms with Gasteiger partial charge < -0.3 is 20.3 Å². The molecule has 3 N–H and O–H groups in total. The maximum Gasteiger partial charge on any atom is 0.325 e. The summed E-state index contributed by atoms with van der Waals surface area (Å²) >= 11 is 0. The predicted molar refractivity (Wildman–Crippen MR) is 68.2 cm³/mol. The highest BCUT2D eigenvalue weighted by molar-refractivity contribution is 5.76. The Balaban J connectivity index is 3.53. The lowest BCUT2D eigenvalue weighted by Crippen LogP contribution is -2.25. The topological polar surface area (TPSA) is 81.8 Å². The van der Waals surface area contributed by atoms with Gasteiger partial charge in [-0.25, -0.2) is 4.39 Å². The highest BCUT2D eigenvalue weighted by atomic mass is 19.1. The summed E-state index contributed by atoms with van der Waals surface area (Å²) in [5.74, 6) is -0.607. The molecule has 19 heavy (non-hydrogen) atoms. The summed E-state index contributed by atoms with van der Waals surface area (Å²) in [6.45, 7) is 2.65. The summed E-state index contributed by atoms with van der Waals surface area (Å²) in [4.78, 5) is 11.0. The van der Waals surface area contributed by atoms with E-state index in [1.54, 1.807) is 0 Å². The lowest BCUT2D eigenvalue weighted by Gasteiger charge is -2.23. The van der Waals surface area contributed by atoms with Crippen LogP contribution in [0.2, 0.25) is 0 Å². The van der Waals surface area contributed by atoms with Crippen molar-refractivity contribution >= 4 is 5.97 Å². The number of alkyl halides is 1. The first-order valence-corrected chi connectivity index (χ1v) is 5.66. The van der Waals surface area contributed by atoms with Crippen LogP contribution in [0.15, 0.2) is 12.1 Å². The van der Waals surface area contributed by atoms with E-state index in [0.717, 1.165) is 0 Å². The quantitative estimate of drug-likeness (QED) is 0.856. The minimum absolute atomic E-state index is 0.164. The van der Waals surface area contributed by atoms with Crippen LogP contribution in [0.5, 0.6) is 11.5 Å².